The lowest BCUT2D eigenvalue weighted by Gasteiger charge is -2.36. The number of anilines is 1. The van der Waals surface area contributed by atoms with E-state index in [-0.39, 0.29) is 11.5 Å². The number of carbonyl (C=O) groups excluding carboxylic acids is 1. The molecule has 3 heterocycles. The van der Waals surface area contributed by atoms with Gasteiger partial charge < -0.3 is 9.80 Å². The number of benzene rings is 1. The summed E-state index contributed by atoms with van der Waals surface area (Å²) >= 11 is 7.41. The second-order valence-corrected chi connectivity index (χ2v) is 8.45. The van der Waals surface area contributed by atoms with Crippen molar-refractivity contribution in [2.75, 3.05) is 31.1 Å². The Morgan fingerprint density at radius 1 is 1.18 bits per heavy atom. The van der Waals surface area contributed by atoms with Crippen molar-refractivity contribution in [2.45, 2.75) is 13.8 Å². The first kappa shape index (κ1) is 19.0. The molecule has 0 unspecified atom stereocenters. The van der Waals surface area contributed by atoms with Gasteiger partial charge in [-0.25, -0.2) is 4.98 Å². The zero-order chi connectivity index (χ0) is 20.0. The molecule has 0 aliphatic carbocycles. The predicted octanol–water partition coefficient (Wildman–Crippen LogP) is 3.23. The lowest BCUT2D eigenvalue weighted by atomic mass is 10.2. The Hall–Kier alpha value is -2.38. The van der Waals surface area contributed by atoms with Gasteiger partial charge in [-0.15, -0.1) is 11.3 Å². The Balaban J connectivity index is 1.57. The summed E-state index contributed by atoms with van der Waals surface area (Å²) < 4.78 is 1.53. The van der Waals surface area contributed by atoms with E-state index in [1.807, 2.05) is 36.1 Å². The van der Waals surface area contributed by atoms with Crippen LogP contribution >= 0.6 is 22.9 Å². The lowest BCUT2D eigenvalue weighted by Crippen LogP contribution is -2.48. The number of nitrogens with zero attached hydrogens (tertiary/aromatic N) is 4. The van der Waals surface area contributed by atoms with Crippen LogP contribution in [-0.2, 0) is 7.05 Å². The first-order chi connectivity index (χ1) is 13.4. The summed E-state index contributed by atoms with van der Waals surface area (Å²) in [6, 6.07) is 7.77. The molecule has 1 aliphatic heterocycles. The zero-order valence-electron chi connectivity index (χ0n) is 16.0. The van der Waals surface area contributed by atoms with E-state index in [0.29, 0.717) is 39.0 Å². The SMILES string of the molecule is Cc1c(C(=O)N2CCN(c3cccc(Cl)c3)CC2)sc2nc(C)n(C)c(=O)c12. The minimum atomic E-state index is -0.0962. The molecule has 0 N–H and O–H groups in total. The Bertz CT molecular complexity index is 1130. The number of halogens is 1. The summed E-state index contributed by atoms with van der Waals surface area (Å²) in [5, 5.41) is 1.26. The molecule has 1 aromatic carbocycles. The largest absolute Gasteiger partial charge is 0.368 e. The molecule has 1 fully saturated rings. The minimum absolute atomic E-state index is 0.0223. The van der Waals surface area contributed by atoms with E-state index in [2.05, 4.69) is 9.88 Å². The fourth-order valence-electron chi connectivity index (χ4n) is 3.55. The van der Waals surface area contributed by atoms with Crippen LogP contribution in [0.4, 0.5) is 5.69 Å². The van der Waals surface area contributed by atoms with Crippen LogP contribution in [0, 0.1) is 13.8 Å². The van der Waals surface area contributed by atoms with Crippen LogP contribution in [0.3, 0.4) is 0 Å². The second kappa shape index (κ2) is 7.22. The molecule has 1 saturated heterocycles. The third-order valence-corrected chi connectivity index (χ3v) is 6.74. The van der Waals surface area contributed by atoms with Crippen LogP contribution in [0.15, 0.2) is 29.1 Å². The number of carbonyl (C=O) groups is 1. The zero-order valence-corrected chi connectivity index (χ0v) is 17.6. The van der Waals surface area contributed by atoms with Crippen molar-refractivity contribution in [3.05, 3.63) is 55.9 Å². The van der Waals surface area contributed by atoms with E-state index in [1.54, 1.807) is 14.0 Å². The van der Waals surface area contributed by atoms with Crippen molar-refractivity contribution in [3.63, 3.8) is 0 Å². The van der Waals surface area contributed by atoms with Gasteiger partial charge >= 0.3 is 0 Å². The number of hydrogen-bond donors (Lipinski definition) is 0. The lowest BCUT2D eigenvalue weighted by molar-refractivity contribution is 0.0751. The molecule has 0 atom stereocenters. The maximum absolute atomic E-state index is 13.1. The summed E-state index contributed by atoms with van der Waals surface area (Å²) in [5.74, 6) is 0.624. The standard InChI is InChI=1S/C20H21ClN4O2S/c1-12-16-18(22-13(2)23(3)19(16)26)28-17(12)20(27)25-9-7-24(8-10-25)15-6-4-5-14(21)11-15/h4-6,11H,7-10H2,1-3H3. The molecule has 0 spiro atoms. The third kappa shape index (κ3) is 3.18. The normalized spacial score (nSPS) is 14.7. The fraction of sp³-hybridized carbons (Fsp3) is 0.350. The summed E-state index contributed by atoms with van der Waals surface area (Å²) in [6.45, 7) is 6.39. The molecule has 1 aliphatic rings. The number of fused-ring (bicyclic) bond motifs is 1. The molecule has 3 aromatic rings. The molecule has 6 nitrogen and oxygen atoms in total. The summed E-state index contributed by atoms with van der Waals surface area (Å²) in [6.07, 6.45) is 0. The molecule has 1 amide bonds. The van der Waals surface area contributed by atoms with Gasteiger partial charge in [0, 0.05) is 43.9 Å². The van der Waals surface area contributed by atoms with Crippen LogP contribution in [0.2, 0.25) is 5.02 Å². The molecule has 4 rings (SSSR count). The van der Waals surface area contributed by atoms with Gasteiger partial charge in [-0.2, -0.15) is 0 Å². The summed E-state index contributed by atoms with van der Waals surface area (Å²) in [4.78, 5) is 35.6. The van der Waals surface area contributed by atoms with Crippen molar-refractivity contribution in [2.24, 2.45) is 7.05 Å². The van der Waals surface area contributed by atoms with Gasteiger partial charge in [0.05, 0.1) is 10.3 Å². The van der Waals surface area contributed by atoms with E-state index in [0.717, 1.165) is 24.3 Å². The van der Waals surface area contributed by atoms with Gasteiger partial charge in [0.25, 0.3) is 11.5 Å². The molecule has 2 aromatic heterocycles. The molecular formula is C20H21ClN4O2S. The van der Waals surface area contributed by atoms with Gasteiger partial charge in [0.2, 0.25) is 0 Å². The van der Waals surface area contributed by atoms with Crippen LogP contribution in [0.1, 0.15) is 21.1 Å². The number of aryl methyl sites for hydroxylation is 2. The number of rotatable bonds is 2. The highest BCUT2D eigenvalue weighted by Gasteiger charge is 2.27. The van der Waals surface area contributed by atoms with Gasteiger partial charge in [0.15, 0.2) is 0 Å². The number of hydrogen-bond acceptors (Lipinski definition) is 5. The van der Waals surface area contributed by atoms with E-state index < -0.39 is 0 Å². The van der Waals surface area contributed by atoms with Gasteiger partial charge in [0.1, 0.15) is 10.7 Å². The Morgan fingerprint density at radius 3 is 2.57 bits per heavy atom. The van der Waals surface area contributed by atoms with Crippen LogP contribution in [0.5, 0.6) is 0 Å². The van der Waals surface area contributed by atoms with Crippen molar-refractivity contribution < 1.29 is 4.79 Å². The number of thiophene rings is 1. The van der Waals surface area contributed by atoms with Crippen molar-refractivity contribution in [1.29, 1.82) is 0 Å². The highest BCUT2D eigenvalue weighted by molar-refractivity contribution is 7.20. The summed E-state index contributed by atoms with van der Waals surface area (Å²) in [7, 11) is 1.71. The Morgan fingerprint density at radius 2 is 1.89 bits per heavy atom. The van der Waals surface area contributed by atoms with Crippen LogP contribution < -0.4 is 10.5 Å². The first-order valence-corrected chi connectivity index (χ1v) is 10.3. The fourth-order valence-corrected chi connectivity index (χ4v) is 4.92. The van der Waals surface area contributed by atoms with Crippen molar-refractivity contribution in [1.82, 2.24) is 14.5 Å². The third-order valence-electron chi connectivity index (χ3n) is 5.33. The van der Waals surface area contributed by atoms with Crippen molar-refractivity contribution in [3.8, 4) is 0 Å². The van der Waals surface area contributed by atoms with Gasteiger partial charge in [-0.3, -0.25) is 14.2 Å². The number of piperazine rings is 1. The molecule has 0 bridgehead atoms. The van der Waals surface area contributed by atoms with Crippen LogP contribution in [0.25, 0.3) is 10.2 Å². The van der Waals surface area contributed by atoms with E-state index in [1.165, 1.54) is 15.9 Å². The molecule has 146 valence electrons. The second-order valence-electron chi connectivity index (χ2n) is 7.02. The summed E-state index contributed by atoms with van der Waals surface area (Å²) in [5.41, 5.74) is 1.71. The molecule has 28 heavy (non-hydrogen) atoms. The highest BCUT2D eigenvalue weighted by atomic mass is 35.5. The Kier molecular flexibility index (Phi) is 4.89. The van der Waals surface area contributed by atoms with Crippen molar-refractivity contribution >= 4 is 44.7 Å². The topological polar surface area (TPSA) is 58.4 Å². The average molecular weight is 417 g/mol. The number of aromatic nitrogens is 2. The van der Waals surface area contributed by atoms with Gasteiger partial charge in [-0.05, 0) is 37.6 Å². The van der Waals surface area contributed by atoms with E-state index in [4.69, 9.17) is 11.6 Å². The van der Waals surface area contributed by atoms with E-state index in [9.17, 15) is 9.59 Å². The first-order valence-electron chi connectivity index (χ1n) is 9.13. The maximum atomic E-state index is 13.1. The smallest absolute Gasteiger partial charge is 0.264 e. The Labute approximate surface area is 172 Å². The molecule has 0 radical (unpaired) electrons. The highest BCUT2D eigenvalue weighted by Crippen LogP contribution is 2.29. The van der Waals surface area contributed by atoms with E-state index >= 15 is 0 Å². The van der Waals surface area contributed by atoms with Crippen LogP contribution in [-0.4, -0.2) is 46.5 Å². The quantitative estimate of drug-likeness (QED) is 0.643. The molecule has 8 heteroatoms. The number of amides is 1. The molecular weight excluding hydrogens is 396 g/mol. The monoisotopic (exact) mass is 416 g/mol. The average Bonchev–Trinajstić information content (AvgIpc) is 3.02. The molecule has 0 saturated carbocycles. The maximum Gasteiger partial charge on any atom is 0.264 e. The van der Waals surface area contributed by atoms with Gasteiger partial charge in [-0.1, -0.05) is 17.7 Å². The predicted molar refractivity (Wildman–Crippen MR) is 114 cm³/mol. The minimum Gasteiger partial charge on any atom is -0.368 e.